The molecule has 1 aliphatic rings. The monoisotopic (exact) mass is 279 g/mol. The van der Waals surface area contributed by atoms with E-state index < -0.39 is 5.97 Å². The zero-order chi connectivity index (χ0) is 14.5. The minimum absolute atomic E-state index is 0.193. The third-order valence-electron chi connectivity index (χ3n) is 3.64. The van der Waals surface area contributed by atoms with Crippen LogP contribution in [-0.4, -0.2) is 53.1 Å². The van der Waals surface area contributed by atoms with Gasteiger partial charge in [0.25, 0.3) is 5.91 Å². The summed E-state index contributed by atoms with van der Waals surface area (Å²) in [7, 11) is 2.09. The number of likely N-dealkylation sites (tertiary alicyclic amines) is 1. The van der Waals surface area contributed by atoms with Crippen molar-refractivity contribution < 1.29 is 14.7 Å². The zero-order valence-electron chi connectivity index (χ0n) is 11.7. The highest BCUT2D eigenvalue weighted by Crippen LogP contribution is 2.14. The Bertz CT molecular complexity index is 484. The summed E-state index contributed by atoms with van der Waals surface area (Å²) >= 11 is 0. The molecule has 1 aliphatic heterocycles. The highest BCUT2D eigenvalue weighted by molar-refractivity contribution is 5.93. The second-order valence-electron chi connectivity index (χ2n) is 5.40. The lowest BCUT2D eigenvalue weighted by atomic mass is 9.98. The molecular weight excluding hydrogens is 258 g/mol. The number of aliphatic carboxylic acids is 1. The van der Waals surface area contributed by atoms with Crippen LogP contribution in [0, 0.1) is 5.92 Å². The Balaban J connectivity index is 1.88. The second-order valence-corrected chi connectivity index (χ2v) is 5.40. The third-order valence-corrected chi connectivity index (χ3v) is 3.64. The van der Waals surface area contributed by atoms with Gasteiger partial charge in [0.2, 0.25) is 0 Å². The number of hydrogen-bond acceptors (Lipinski definition) is 3. The first-order valence-electron chi connectivity index (χ1n) is 6.90. The van der Waals surface area contributed by atoms with Crippen LogP contribution in [0.1, 0.15) is 23.3 Å². The van der Waals surface area contributed by atoms with Gasteiger partial charge in [0.15, 0.2) is 0 Å². The molecule has 6 heteroatoms. The fourth-order valence-corrected chi connectivity index (χ4v) is 2.67. The van der Waals surface area contributed by atoms with Crippen LogP contribution in [0.4, 0.5) is 0 Å². The lowest BCUT2D eigenvalue weighted by molar-refractivity contribution is -0.137. The van der Waals surface area contributed by atoms with E-state index in [9.17, 15) is 9.59 Å². The van der Waals surface area contributed by atoms with Crippen molar-refractivity contribution in [3.63, 3.8) is 0 Å². The SMILES string of the molecule is CN1CCCC(CNC(=O)c2cccn2CC(=O)O)C1. The van der Waals surface area contributed by atoms with Crippen LogP contribution >= 0.6 is 0 Å². The number of carboxylic acids is 1. The van der Waals surface area contributed by atoms with Gasteiger partial charge in [-0.15, -0.1) is 0 Å². The smallest absolute Gasteiger partial charge is 0.323 e. The summed E-state index contributed by atoms with van der Waals surface area (Å²) in [5, 5.41) is 11.7. The first-order chi connectivity index (χ1) is 9.56. The average Bonchev–Trinajstić information content (AvgIpc) is 2.83. The van der Waals surface area contributed by atoms with E-state index >= 15 is 0 Å². The number of rotatable bonds is 5. The van der Waals surface area contributed by atoms with Crippen molar-refractivity contribution in [1.82, 2.24) is 14.8 Å². The molecular formula is C14H21N3O3. The molecule has 20 heavy (non-hydrogen) atoms. The molecule has 1 amide bonds. The van der Waals surface area contributed by atoms with Crippen LogP contribution in [0.2, 0.25) is 0 Å². The molecule has 110 valence electrons. The van der Waals surface area contributed by atoms with Crippen LogP contribution in [0.25, 0.3) is 0 Å². The van der Waals surface area contributed by atoms with E-state index in [-0.39, 0.29) is 12.5 Å². The second kappa shape index (κ2) is 6.56. The van der Waals surface area contributed by atoms with E-state index in [0.717, 1.165) is 25.9 Å². The van der Waals surface area contributed by atoms with E-state index in [1.54, 1.807) is 18.3 Å². The van der Waals surface area contributed by atoms with Gasteiger partial charge in [-0.2, -0.15) is 0 Å². The highest BCUT2D eigenvalue weighted by atomic mass is 16.4. The molecule has 1 aromatic heterocycles. The number of aromatic nitrogens is 1. The summed E-state index contributed by atoms with van der Waals surface area (Å²) in [6.45, 7) is 2.56. The number of hydrogen-bond donors (Lipinski definition) is 2. The molecule has 0 spiro atoms. The van der Waals surface area contributed by atoms with Gasteiger partial charge in [-0.3, -0.25) is 9.59 Å². The van der Waals surface area contributed by atoms with E-state index in [0.29, 0.717) is 18.2 Å². The number of piperidine rings is 1. The lowest BCUT2D eigenvalue weighted by Gasteiger charge is -2.29. The number of amides is 1. The summed E-state index contributed by atoms with van der Waals surface area (Å²) in [5.74, 6) is -0.686. The zero-order valence-corrected chi connectivity index (χ0v) is 11.7. The van der Waals surface area contributed by atoms with Gasteiger partial charge in [0.05, 0.1) is 0 Å². The Labute approximate surface area is 118 Å². The normalized spacial score (nSPS) is 19.8. The van der Waals surface area contributed by atoms with Gasteiger partial charge in [-0.25, -0.2) is 0 Å². The molecule has 1 aromatic rings. The van der Waals surface area contributed by atoms with Gasteiger partial charge in [0, 0.05) is 19.3 Å². The number of carbonyl (C=O) groups excluding carboxylic acids is 1. The summed E-state index contributed by atoms with van der Waals surface area (Å²) < 4.78 is 1.45. The van der Waals surface area contributed by atoms with E-state index in [1.165, 1.54) is 4.57 Å². The van der Waals surface area contributed by atoms with Gasteiger partial charge in [-0.1, -0.05) is 0 Å². The Morgan fingerprint density at radius 3 is 3.00 bits per heavy atom. The Morgan fingerprint density at radius 2 is 2.30 bits per heavy atom. The van der Waals surface area contributed by atoms with Crippen LogP contribution in [0.5, 0.6) is 0 Å². The molecule has 0 bridgehead atoms. The third kappa shape index (κ3) is 3.84. The molecule has 1 atom stereocenters. The minimum Gasteiger partial charge on any atom is -0.480 e. The van der Waals surface area contributed by atoms with E-state index in [2.05, 4.69) is 17.3 Å². The molecule has 1 fully saturated rings. The molecule has 1 unspecified atom stereocenters. The van der Waals surface area contributed by atoms with Gasteiger partial charge in [-0.05, 0) is 44.5 Å². The topological polar surface area (TPSA) is 74.6 Å². The lowest BCUT2D eigenvalue weighted by Crippen LogP contribution is -2.39. The maximum Gasteiger partial charge on any atom is 0.323 e. The van der Waals surface area contributed by atoms with Crippen molar-refractivity contribution in [2.45, 2.75) is 19.4 Å². The minimum atomic E-state index is -0.954. The molecule has 0 aromatic carbocycles. The fourth-order valence-electron chi connectivity index (χ4n) is 2.67. The molecule has 2 rings (SSSR count). The van der Waals surface area contributed by atoms with Crippen molar-refractivity contribution in [3.8, 4) is 0 Å². The van der Waals surface area contributed by atoms with Crippen LogP contribution in [-0.2, 0) is 11.3 Å². The predicted molar refractivity (Wildman–Crippen MR) is 74.6 cm³/mol. The molecule has 6 nitrogen and oxygen atoms in total. The van der Waals surface area contributed by atoms with Crippen LogP contribution in [0.3, 0.4) is 0 Å². The highest BCUT2D eigenvalue weighted by Gasteiger charge is 2.19. The van der Waals surface area contributed by atoms with E-state index in [1.807, 2.05) is 0 Å². The summed E-state index contributed by atoms with van der Waals surface area (Å²) in [6.07, 6.45) is 3.89. The number of carboxylic acid groups (broad SMARTS) is 1. The van der Waals surface area contributed by atoms with Crippen molar-refractivity contribution in [2.24, 2.45) is 5.92 Å². The fraction of sp³-hybridized carbons (Fsp3) is 0.571. The molecule has 2 heterocycles. The Kier molecular flexibility index (Phi) is 4.79. The molecule has 1 saturated heterocycles. The number of nitrogens with one attached hydrogen (secondary N) is 1. The van der Waals surface area contributed by atoms with Crippen molar-refractivity contribution in [3.05, 3.63) is 24.0 Å². The standard InChI is InChI=1S/C14H21N3O3/c1-16-6-2-4-11(9-16)8-15-14(20)12-5-3-7-17(12)10-13(18)19/h3,5,7,11H,2,4,6,8-10H2,1H3,(H,15,20)(H,18,19). The van der Waals surface area contributed by atoms with Gasteiger partial charge < -0.3 is 19.9 Å². The van der Waals surface area contributed by atoms with Crippen molar-refractivity contribution in [2.75, 3.05) is 26.7 Å². The molecule has 2 N–H and O–H groups in total. The van der Waals surface area contributed by atoms with Crippen LogP contribution in [0.15, 0.2) is 18.3 Å². The Hall–Kier alpha value is -1.82. The summed E-state index contributed by atoms with van der Waals surface area (Å²) in [4.78, 5) is 25.1. The Morgan fingerprint density at radius 1 is 1.50 bits per heavy atom. The summed E-state index contributed by atoms with van der Waals surface area (Å²) in [5.41, 5.74) is 0.400. The number of carbonyl (C=O) groups is 2. The first-order valence-corrected chi connectivity index (χ1v) is 6.90. The average molecular weight is 279 g/mol. The first kappa shape index (κ1) is 14.6. The predicted octanol–water partition coefficient (Wildman–Crippen LogP) is 0.644. The van der Waals surface area contributed by atoms with Crippen molar-refractivity contribution >= 4 is 11.9 Å². The molecule has 0 aliphatic carbocycles. The van der Waals surface area contributed by atoms with Crippen LogP contribution < -0.4 is 5.32 Å². The van der Waals surface area contributed by atoms with Gasteiger partial charge in [0.1, 0.15) is 12.2 Å². The largest absolute Gasteiger partial charge is 0.480 e. The maximum absolute atomic E-state index is 12.1. The van der Waals surface area contributed by atoms with E-state index in [4.69, 9.17) is 5.11 Å². The number of nitrogens with zero attached hydrogens (tertiary/aromatic N) is 2. The maximum atomic E-state index is 12.1. The van der Waals surface area contributed by atoms with Crippen molar-refractivity contribution in [1.29, 1.82) is 0 Å². The quantitative estimate of drug-likeness (QED) is 0.829. The van der Waals surface area contributed by atoms with Gasteiger partial charge >= 0.3 is 5.97 Å². The molecule has 0 radical (unpaired) electrons. The molecule has 0 saturated carbocycles. The summed E-state index contributed by atoms with van der Waals surface area (Å²) in [6, 6.07) is 3.33.